The maximum Gasteiger partial charge on any atom is 0.248 e. The van der Waals surface area contributed by atoms with Gasteiger partial charge in [-0.2, -0.15) is 0 Å². The Morgan fingerprint density at radius 3 is 2.86 bits per heavy atom. The van der Waals surface area contributed by atoms with Crippen molar-refractivity contribution >= 4 is 27.5 Å². The lowest BCUT2D eigenvalue weighted by Gasteiger charge is -2.09. The minimum atomic E-state index is -0.201. The van der Waals surface area contributed by atoms with Gasteiger partial charge < -0.3 is 10.2 Å². The van der Waals surface area contributed by atoms with Gasteiger partial charge in [0.1, 0.15) is 6.04 Å². The Hall–Kier alpha value is -0.870. The second kappa shape index (κ2) is 3.37. The predicted octanol–water partition coefficient (Wildman–Crippen LogP) is 1.69. The summed E-state index contributed by atoms with van der Waals surface area (Å²) in [5, 5.41) is 3.02. The van der Waals surface area contributed by atoms with E-state index in [1.165, 1.54) is 0 Å². The van der Waals surface area contributed by atoms with Crippen LogP contribution in [0.1, 0.15) is 11.6 Å². The van der Waals surface area contributed by atoms with Crippen molar-refractivity contribution in [2.45, 2.75) is 6.04 Å². The van der Waals surface area contributed by atoms with Crippen molar-refractivity contribution in [3.8, 4) is 0 Å². The molecule has 1 amide bonds. The molecule has 0 bridgehead atoms. The first-order chi connectivity index (χ1) is 6.65. The molecule has 1 aliphatic rings. The number of nitrogens with zero attached hydrogens (tertiary/aromatic N) is 1. The Labute approximate surface area is 91.2 Å². The highest BCUT2D eigenvalue weighted by molar-refractivity contribution is 9.10. The Kier molecular flexibility index (Phi) is 2.33. The molecule has 1 heterocycles. The van der Waals surface area contributed by atoms with Crippen molar-refractivity contribution in [1.82, 2.24) is 5.32 Å². The van der Waals surface area contributed by atoms with E-state index in [9.17, 15) is 4.79 Å². The number of carbonyl (C=O) groups excluding carboxylic acids is 1. The van der Waals surface area contributed by atoms with Crippen LogP contribution >= 0.6 is 15.9 Å². The van der Waals surface area contributed by atoms with E-state index in [1.807, 2.05) is 18.2 Å². The zero-order chi connectivity index (χ0) is 10.3. The number of nitrogens with one attached hydrogen (secondary N) is 1. The third kappa shape index (κ3) is 1.26. The van der Waals surface area contributed by atoms with Gasteiger partial charge in [-0.05, 0) is 25.2 Å². The van der Waals surface area contributed by atoms with Gasteiger partial charge in [-0.3, -0.25) is 4.79 Å². The fraction of sp³-hybridized carbons (Fsp3) is 0.300. The number of halogens is 1. The second-order valence-corrected chi connectivity index (χ2v) is 4.24. The number of carbonyl (C=O) groups is 1. The molecule has 1 aromatic carbocycles. The first-order valence-electron chi connectivity index (χ1n) is 4.39. The molecule has 3 nitrogen and oxygen atoms in total. The van der Waals surface area contributed by atoms with Crippen molar-refractivity contribution in [3.63, 3.8) is 0 Å². The highest BCUT2D eigenvalue weighted by Crippen LogP contribution is 2.36. The zero-order valence-electron chi connectivity index (χ0n) is 8.04. The van der Waals surface area contributed by atoms with Crippen LogP contribution in [0, 0.1) is 0 Å². The van der Waals surface area contributed by atoms with Crippen LogP contribution in [0.15, 0.2) is 22.7 Å². The zero-order valence-corrected chi connectivity index (χ0v) is 9.63. The average molecular weight is 255 g/mol. The van der Waals surface area contributed by atoms with E-state index in [2.05, 4.69) is 21.2 Å². The number of hydrogen-bond donors (Lipinski definition) is 1. The second-order valence-electron chi connectivity index (χ2n) is 3.32. The van der Waals surface area contributed by atoms with E-state index in [0.29, 0.717) is 0 Å². The lowest BCUT2D eigenvalue weighted by Crippen LogP contribution is -2.30. The van der Waals surface area contributed by atoms with Gasteiger partial charge in [0.15, 0.2) is 0 Å². The third-order valence-corrected chi connectivity index (χ3v) is 3.02. The predicted molar refractivity (Wildman–Crippen MR) is 59.4 cm³/mol. The number of likely N-dealkylation sites (N-methyl/N-ethyl adjacent to an activating group) is 2. The standard InChI is InChI=1S/C10H11BrN2O/c1-12-9-7-5-6(11)3-4-8(7)13(2)10(9)14/h3-5,9,12H,1-2H3. The van der Waals surface area contributed by atoms with Gasteiger partial charge in [-0.15, -0.1) is 0 Å². The molecule has 1 atom stereocenters. The summed E-state index contributed by atoms with van der Waals surface area (Å²) in [7, 11) is 3.60. The molecule has 0 spiro atoms. The van der Waals surface area contributed by atoms with Crippen molar-refractivity contribution in [2.24, 2.45) is 0 Å². The Bertz CT molecular complexity index is 392. The van der Waals surface area contributed by atoms with Crippen molar-refractivity contribution in [1.29, 1.82) is 0 Å². The van der Waals surface area contributed by atoms with Gasteiger partial charge in [0, 0.05) is 22.8 Å². The fourth-order valence-corrected chi connectivity index (χ4v) is 2.17. The van der Waals surface area contributed by atoms with Crippen LogP contribution in [0.4, 0.5) is 5.69 Å². The number of hydrogen-bond acceptors (Lipinski definition) is 2. The van der Waals surface area contributed by atoms with Crippen LogP contribution in [0.3, 0.4) is 0 Å². The molecule has 1 N–H and O–H groups in total. The summed E-state index contributed by atoms with van der Waals surface area (Å²) in [6.07, 6.45) is 0. The van der Waals surface area contributed by atoms with Crippen LogP contribution in [-0.4, -0.2) is 20.0 Å². The van der Waals surface area contributed by atoms with Crippen molar-refractivity contribution in [3.05, 3.63) is 28.2 Å². The lowest BCUT2D eigenvalue weighted by atomic mass is 10.1. The summed E-state index contributed by atoms with van der Waals surface area (Å²) < 4.78 is 1.000. The van der Waals surface area contributed by atoms with Gasteiger partial charge in [0.05, 0.1) is 0 Å². The summed E-state index contributed by atoms with van der Waals surface area (Å²) in [4.78, 5) is 13.4. The van der Waals surface area contributed by atoms with E-state index in [4.69, 9.17) is 0 Å². The molecule has 4 heteroatoms. The Balaban J connectivity index is 2.56. The molecular weight excluding hydrogens is 244 g/mol. The first-order valence-corrected chi connectivity index (χ1v) is 5.18. The quantitative estimate of drug-likeness (QED) is 0.828. The summed E-state index contributed by atoms with van der Waals surface area (Å²) >= 11 is 3.40. The number of amides is 1. The van der Waals surface area contributed by atoms with Gasteiger partial charge in [-0.25, -0.2) is 0 Å². The molecule has 14 heavy (non-hydrogen) atoms. The summed E-state index contributed by atoms with van der Waals surface area (Å²) in [6.45, 7) is 0. The maximum atomic E-state index is 11.8. The van der Waals surface area contributed by atoms with Gasteiger partial charge in [-0.1, -0.05) is 15.9 Å². The summed E-state index contributed by atoms with van der Waals surface area (Å²) in [5.41, 5.74) is 2.02. The van der Waals surface area contributed by atoms with Gasteiger partial charge in [0.2, 0.25) is 5.91 Å². The first kappa shape index (κ1) is 9.68. The normalized spacial score (nSPS) is 20.1. The molecule has 2 rings (SSSR count). The van der Waals surface area contributed by atoms with Crippen molar-refractivity contribution < 1.29 is 4.79 Å². The molecule has 0 saturated heterocycles. The molecule has 0 aliphatic carbocycles. The van der Waals surface area contributed by atoms with E-state index in [1.54, 1.807) is 19.0 Å². The van der Waals surface area contributed by atoms with Crippen molar-refractivity contribution in [2.75, 3.05) is 19.0 Å². The Morgan fingerprint density at radius 1 is 1.50 bits per heavy atom. The topological polar surface area (TPSA) is 32.3 Å². The van der Waals surface area contributed by atoms with E-state index in [0.717, 1.165) is 15.7 Å². The van der Waals surface area contributed by atoms with Gasteiger partial charge in [0.25, 0.3) is 0 Å². The molecule has 0 radical (unpaired) electrons. The summed E-state index contributed by atoms with van der Waals surface area (Å²) in [5.74, 6) is 0.0978. The average Bonchev–Trinajstić information content (AvgIpc) is 2.39. The smallest absolute Gasteiger partial charge is 0.248 e. The molecule has 0 saturated carbocycles. The number of fused-ring (bicyclic) bond motifs is 1. The molecular formula is C10H11BrN2O. The highest BCUT2D eigenvalue weighted by Gasteiger charge is 2.33. The SMILES string of the molecule is CNC1C(=O)N(C)c2ccc(Br)cc21. The number of anilines is 1. The highest BCUT2D eigenvalue weighted by atomic mass is 79.9. The number of benzene rings is 1. The van der Waals surface area contributed by atoms with Crippen LogP contribution < -0.4 is 10.2 Å². The molecule has 74 valence electrons. The van der Waals surface area contributed by atoms with E-state index in [-0.39, 0.29) is 11.9 Å². The molecule has 0 fully saturated rings. The molecule has 1 aromatic rings. The third-order valence-electron chi connectivity index (χ3n) is 2.53. The minimum absolute atomic E-state index is 0.0978. The molecule has 1 aliphatic heterocycles. The van der Waals surface area contributed by atoms with E-state index < -0.39 is 0 Å². The Morgan fingerprint density at radius 2 is 2.21 bits per heavy atom. The largest absolute Gasteiger partial charge is 0.313 e. The summed E-state index contributed by atoms with van der Waals surface area (Å²) in [6, 6.07) is 5.68. The maximum absolute atomic E-state index is 11.8. The fourth-order valence-electron chi connectivity index (χ4n) is 1.79. The van der Waals surface area contributed by atoms with E-state index >= 15 is 0 Å². The van der Waals surface area contributed by atoms with Crippen LogP contribution in [0.5, 0.6) is 0 Å². The molecule has 1 unspecified atom stereocenters. The lowest BCUT2D eigenvalue weighted by molar-refractivity contribution is -0.119. The van der Waals surface area contributed by atoms with Gasteiger partial charge >= 0.3 is 0 Å². The number of rotatable bonds is 1. The van der Waals surface area contributed by atoms with Crippen LogP contribution in [-0.2, 0) is 4.79 Å². The monoisotopic (exact) mass is 254 g/mol. The minimum Gasteiger partial charge on any atom is -0.313 e. The van der Waals surface area contributed by atoms with Crippen LogP contribution in [0.2, 0.25) is 0 Å². The molecule has 0 aromatic heterocycles. The van der Waals surface area contributed by atoms with Crippen LogP contribution in [0.25, 0.3) is 0 Å².